The zero-order valence-corrected chi connectivity index (χ0v) is 28.0. The summed E-state index contributed by atoms with van der Waals surface area (Å²) >= 11 is 0. The summed E-state index contributed by atoms with van der Waals surface area (Å²) in [5.74, 6) is 0. The van der Waals surface area contributed by atoms with Crippen LogP contribution in [0.4, 0.5) is 0 Å². The van der Waals surface area contributed by atoms with Gasteiger partial charge < -0.3 is 9.13 Å². The highest BCUT2D eigenvalue weighted by Gasteiger charge is 2.38. The van der Waals surface area contributed by atoms with Crippen LogP contribution in [0.1, 0.15) is 22.3 Å². The van der Waals surface area contributed by atoms with Gasteiger partial charge in [-0.15, -0.1) is 0 Å². The molecule has 2 heterocycles. The Morgan fingerprint density at radius 1 is 0.255 bits per heavy atom. The number of para-hydroxylation sites is 3. The summed E-state index contributed by atoms with van der Waals surface area (Å²) in [6, 6.07) is 75.2. The van der Waals surface area contributed by atoms with Gasteiger partial charge in [0, 0.05) is 32.9 Å². The van der Waals surface area contributed by atoms with E-state index < -0.39 is 5.41 Å². The molecule has 51 heavy (non-hydrogen) atoms. The van der Waals surface area contributed by atoms with E-state index in [4.69, 9.17) is 0 Å². The Bertz CT molecular complexity index is 2680. The first-order valence-corrected chi connectivity index (χ1v) is 17.6. The van der Waals surface area contributed by atoms with Gasteiger partial charge in [0.1, 0.15) is 0 Å². The maximum atomic E-state index is 2.42. The molecule has 0 unspecified atom stereocenters. The molecule has 8 aromatic carbocycles. The second-order valence-electron chi connectivity index (χ2n) is 13.3. The van der Waals surface area contributed by atoms with E-state index in [9.17, 15) is 0 Å². The maximum absolute atomic E-state index is 2.42. The molecule has 2 nitrogen and oxygen atoms in total. The van der Waals surface area contributed by atoms with Crippen LogP contribution >= 0.6 is 0 Å². The lowest BCUT2D eigenvalue weighted by Gasteiger charge is -2.37. The zero-order chi connectivity index (χ0) is 33.8. The molecule has 2 aromatic heterocycles. The van der Waals surface area contributed by atoms with E-state index in [1.165, 1.54) is 65.9 Å². The molecule has 0 N–H and O–H groups in total. The van der Waals surface area contributed by atoms with Crippen LogP contribution in [0, 0.1) is 0 Å². The van der Waals surface area contributed by atoms with Gasteiger partial charge in [-0.1, -0.05) is 158 Å². The van der Waals surface area contributed by atoms with Crippen molar-refractivity contribution in [3.05, 3.63) is 229 Å². The van der Waals surface area contributed by atoms with Gasteiger partial charge in [0.2, 0.25) is 0 Å². The Morgan fingerprint density at radius 3 is 1.06 bits per heavy atom. The molecule has 240 valence electrons. The van der Waals surface area contributed by atoms with E-state index in [2.05, 4.69) is 215 Å². The Balaban J connectivity index is 1.18. The number of rotatable bonds is 6. The van der Waals surface area contributed by atoms with Crippen molar-refractivity contribution in [3.8, 4) is 11.4 Å². The third-order valence-electron chi connectivity index (χ3n) is 10.7. The summed E-state index contributed by atoms with van der Waals surface area (Å²) in [6.45, 7) is 0. The summed E-state index contributed by atoms with van der Waals surface area (Å²) in [6.07, 6.45) is 0. The fourth-order valence-electron chi connectivity index (χ4n) is 8.50. The first-order chi connectivity index (χ1) is 25.3. The van der Waals surface area contributed by atoms with Gasteiger partial charge in [0.25, 0.3) is 0 Å². The minimum Gasteiger partial charge on any atom is -0.309 e. The van der Waals surface area contributed by atoms with Crippen molar-refractivity contribution in [2.45, 2.75) is 5.41 Å². The standard InChI is InChI=1S/C49H34N2/c1-4-16-35(17-5-1)49(36-18-6-2-7-19-36,37-20-8-3-9-21-37)38-28-30-39(31-29-38)50-47-27-15-12-24-43(47)44-34-40(32-33-48(44)50)51-45-25-13-10-22-41(45)42-23-11-14-26-46(42)51/h1-34H. The van der Waals surface area contributed by atoms with Gasteiger partial charge in [-0.3, -0.25) is 0 Å². The van der Waals surface area contributed by atoms with Gasteiger partial charge in [-0.05, 0) is 70.8 Å². The summed E-state index contributed by atoms with van der Waals surface area (Å²) in [5, 5.41) is 5.02. The quantitative estimate of drug-likeness (QED) is 0.159. The summed E-state index contributed by atoms with van der Waals surface area (Å²) in [5.41, 5.74) is 11.6. The number of benzene rings is 8. The number of hydrogen-bond donors (Lipinski definition) is 0. The first kappa shape index (κ1) is 29.3. The minimum absolute atomic E-state index is 0.486. The Kier molecular flexibility index (Phi) is 6.75. The lowest BCUT2D eigenvalue weighted by atomic mass is 9.65. The average molecular weight is 651 g/mol. The second-order valence-corrected chi connectivity index (χ2v) is 13.3. The number of nitrogens with zero attached hydrogens (tertiary/aromatic N) is 2. The van der Waals surface area contributed by atoms with Gasteiger partial charge in [-0.25, -0.2) is 0 Å². The molecular formula is C49H34N2. The second kappa shape index (κ2) is 11.8. The van der Waals surface area contributed by atoms with Crippen molar-refractivity contribution in [1.29, 1.82) is 0 Å². The van der Waals surface area contributed by atoms with E-state index >= 15 is 0 Å². The van der Waals surface area contributed by atoms with Crippen LogP contribution < -0.4 is 0 Å². The van der Waals surface area contributed by atoms with Crippen LogP contribution in [0.3, 0.4) is 0 Å². The molecule has 2 heteroatoms. The Labute approximate surface area is 297 Å². The predicted octanol–water partition coefficient (Wildman–Crippen LogP) is 12.3. The topological polar surface area (TPSA) is 9.86 Å². The molecule has 0 aliphatic heterocycles. The predicted molar refractivity (Wildman–Crippen MR) is 213 cm³/mol. The van der Waals surface area contributed by atoms with Gasteiger partial charge in [-0.2, -0.15) is 0 Å². The SMILES string of the molecule is c1ccc(C(c2ccccc2)(c2ccccc2)c2ccc(-n3c4ccccc4c4cc(-n5c6ccccc6c6ccccc65)ccc43)cc2)cc1. The maximum Gasteiger partial charge on any atom is 0.0701 e. The van der Waals surface area contributed by atoms with Gasteiger partial charge in [0.15, 0.2) is 0 Å². The number of hydrogen-bond acceptors (Lipinski definition) is 0. The van der Waals surface area contributed by atoms with E-state index in [1.54, 1.807) is 0 Å². The summed E-state index contributed by atoms with van der Waals surface area (Å²) < 4.78 is 4.82. The Morgan fingerprint density at radius 2 is 0.588 bits per heavy atom. The van der Waals surface area contributed by atoms with Crippen molar-refractivity contribution in [3.63, 3.8) is 0 Å². The molecule has 10 rings (SSSR count). The Hall–Kier alpha value is -6.64. The molecule has 0 atom stereocenters. The molecule has 0 spiro atoms. The molecule has 0 aliphatic rings. The molecule has 0 aliphatic carbocycles. The van der Waals surface area contributed by atoms with E-state index in [-0.39, 0.29) is 0 Å². The van der Waals surface area contributed by atoms with E-state index in [0.29, 0.717) is 0 Å². The lowest BCUT2D eigenvalue weighted by Crippen LogP contribution is -2.30. The van der Waals surface area contributed by atoms with Crippen LogP contribution in [-0.2, 0) is 5.41 Å². The summed E-state index contributed by atoms with van der Waals surface area (Å²) in [7, 11) is 0. The van der Waals surface area contributed by atoms with Crippen LogP contribution in [0.15, 0.2) is 206 Å². The van der Waals surface area contributed by atoms with Crippen LogP contribution in [0.5, 0.6) is 0 Å². The molecule has 0 saturated carbocycles. The molecule has 0 saturated heterocycles. The normalized spacial score (nSPS) is 11.9. The molecule has 0 fully saturated rings. The number of aromatic nitrogens is 2. The molecule has 10 aromatic rings. The van der Waals surface area contributed by atoms with E-state index in [0.717, 1.165) is 11.4 Å². The first-order valence-electron chi connectivity index (χ1n) is 17.6. The van der Waals surface area contributed by atoms with Gasteiger partial charge >= 0.3 is 0 Å². The molecular weight excluding hydrogens is 617 g/mol. The largest absolute Gasteiger partial charge is 0.309 e. The van der Waals surface area contributed by atoms with Crippen molar-refractivity contribution >= 4 is 43.6 Å². The van der Waals surface area contributed by atoms with Crippen molar-refractivity contribution in [2.24, 2.45) is 0 Å². The van der Waals surface area contributed by atoms with E-state index in [1.807, 2.05) is 0 Å². The minimum atomic E-state index is -0.486. The van der Waals surface area contributed by atoms with Crippen molar-refractivity contribution in [2.75, 3.05) is 0 Å². The highest BCUT2D eigenvalue weighted by Crippen LogP contribution is 2.45. The average Bonchev–Trinajstić information content (AvgIpc) is 3.72. The number of fused-ring (bicyclic) bond motifs is 6. The van der Waals surface area contributed by atoms with Crippen molar-refractivity contribution < 1.29 is 0 Å². The van der Waals surface area contributed by atoms with Gasteiger partial charge in [0.05, 0.1) is 27.5 Å². The van der Waals surface area contributed by atoms with Crippen LogP contribution in [0.25, 0.3) is 55.0 Å². The fourth-order valence-corrected chi connectivity index (χ4v) is 8.50. The fraction of sp³-hybridized carbons (Fsp3) is 0.0204. The summed E-state index contributed by atoms with van der Waals surface area (Å²) in [4.78, 5) is 0. The zero-order valence-electron chi connectivity index (χ0n) is 28.0. The van der Waals surface area contributed by atoms with Crippen LogP contribution in [0.2, 0.25) is 0 Å². The third-order valence-corrected chi connectivity index (χ3v) is 10.7. The van der Waals surface area contributed by atoms with Crippen molar-refractivity contribution in [1.82, 2.24) is 9.13 Å². The molecule has 0 bridgehead atoms. The lowest BCUT2D eigenvalue weighted by molar-refractivity contribution is 0.745. The smallest absolute Gasteiger partial charge is 0.0701 e. The van der Waals surface area contributed by atoms with Crippen LogP contribution in [-0.4, -0.2) is 9.13 Å². The highest BCUT2D eigenvalue weighted by atomic mass is 15.0. The highest BCUT2D eigenvalue weighted by molar-refractivity contribution is 6.12. The molecule has 0 radical (unpaired) electrons. The third kappa shape index (κ3) is 4.43. The molecule has 0 amide bonds. The monoisotopic (exact) mass is 650 g/mol.